The Kier molecular flexibility index (Phi) is 5.69. The highest BCUT2D eigenvalue weighted by Gasteiger charge is 2.33. The topological polar surface area (TPSA) is 58.2 Å². The van der Waals surface area contributed by atoms with Gasteiger partial charge < -0.3 is 10.6 Å². The van der Waals surface area contributed by atoms with Gasteiger partial charge in [0.2, 0.25) is 11.8 Å². The average Bonchev–Trinajstić information content (AvgIpc) is 2.49. The van der Waals surface area contributed by atoms with Crippen LogP contribution in [0.1, 0.15) is 17.5 Å². The largest absolute Gasteiger partial charge is 0.418 e. The molecule has 0 spiro atoms. The van der Waals surface area contributed by atoms with E-state index in [1.165, 1.54) is 12.1 Å². The number of carbonyl (C=O) groups is 2. The van der Waals surface area contributed by atoms with E-state index in [0.717, 1.165) is 12.1 Å². The Balaban J connectivity index is 2.02. The molecule has 0 bridgehead atoms. The number of alkyl halides is 3. The lowest BCUT2D eigenvalue weighted by Gasteiger charge is -2.13. The fourth-order valence-corrected chi connectivity index (χ4v) is 2.37. The first-order valence-corrected chi connectivity index (χ1v) is 7.56. The van der Waals surface area contributed by atoms with E-state index in [-0.39, 0.29) is 0 Å². The van der Waals surface area contributed by atoms with Gasteiger partial charge in [0.15, 0.2) is 0 Å². The highest BCUT2D eigenvalue weighted by atomic mass is 35.5. The minimum Gasteiger partial charge on any atom is -0.325 e. The molecular weight excluding hydrogens is 357 g/mol. The average molecular weight is 371 g/mol. The van der Waals surface area contributed by atoms with Gasteiger partial charge in [-0.05, 0) is 42.8 Å². The molecule has 0 atom stereocenters. The minimum atomic E-state index is -4.60. The molecule has 0 heterocycles. The zero-order valence-corrected chi connectivity index (χ0v) is 13.8. The molecule has 0 saturated heterocycles. The number of carbonyl (C=O) groups excluding carboxylic acids is 2. The lowest BCUT2D eigenvalue weighted by molar-refractivity contribution is -0.137. The SMILES string of the molecule is Cc1cc(Cl)ccc1NC(=O)CC(=O)Nc1ccccc1C(F)(F)F. The molecular formula is C17H14ClF3N2O2. The summed E-state index contributed by atoms with van der Waals surface area (Å²) >= 11 is 5.81. The van der Waals surface area contributed by atoms with Crippen LogP contribution in [0.25, 0.3) is 0 Å². The first kappa shape index (κ1) is 18.8. The second-order valence-electron chi connectivity index (χ2n) is 5.28. The highest BCUT2D eigenvalue weighted by Crippen LogP contribution is 2.34. The molecule has 0 aromatic heterocycles. The van der Waals surface area contributed by atoms with Gasteiger partial charge in [0, 0.05) is 10.7 Å². The molecule has 2 N–H and O–H groups in total. The molecule has 0 aliphatic carbocycles. The van der Waals surface area contributed by atoms with Crippen LogP contribution < -0.4 is 10.6 Å². The first-order chi connectivity index (χ1) is 11.7. The van der Waals surface area contributed by atoms with Gasteiger partial charge in [-0.15, -0.1) is 0 Å². The molecule has 0 aliphatic rings. The molecule has 0 saturated carbocycles. The normalized spacial score (nSPS) is 11.1. The van der Waals surface area contributed by atoms with Crippen LogP contribution in [0.15, 0.2) is 42.5 Å². The predicted molar refractivity (Wildman–Crippen MR) is 89.5 cm³/mol. The van der Waals surface area contributed by atoms with E-state index in [2.05, 4.69) is 10.6 Å². The fourth-order valence-electron chi connectivity index (χ4n) is 2.14. The van der Waals surface area contributed by atoms with Gasteiger partial charge in [0.05, 0.1) is 11.3 Å². The third-order valence-electron chi connectivity index (χ3n) is 3.29. The molecule has 2 rings (SSSR count). The van der Waals surface area contributed by atoms with Gasteiger partial charge in [-0.1, -0.05) is 23.7 Å². The van der Waals surface area contributed by atoms with Crippen LogP contribution in [0.4, 0.5) is 24.5 Å². The van der Waals surface area contributed by atoms with Crippen LogP contribution in [0.5, 0.6) is 0 Å². The van der Waals surface area contributed by atoms with Crippen molar-refractivity contribution in [3.8, 4) is 0 Å². The van der Waals surface area contributed by atoms with E-state index in [1.54, 1.807) is 25.1 Å². The van der Waals surface area contributed by atoms with Gasteiger partial charge in [-0.3, -0.25) is 9.59 Å². The Labute approximate surface area is 147 Å². The summed E-state index contributed by atoms with van der Waals surface area (Å²) in [5, 5.41) is 5.13. The number of para-hydroxylation sites is 1. The van der Waals surface area contributed by atoms with Crippen LogP contribution in [0.3, 0.4) is 0 Å². The molecule has 2 aromatic carbocycles. The van der Waals surface area contributed by atoms with E-state index < -0.39 is 35.7 Å². The first-order valence-electron chi connectivity index (χ1n) is 7.19. The smallest absolute Gasteiger partial charge is 0.325 e. The second-order valence-corrected chi connectivity index (χ2v) is 5.71. The minimum absolute atomic E-state index is 0.393. The molecule has 2 aromatic rings. The maximum Gasteiger partial charge on any atom is 0.418 e. The van der Waals surface area contributed by atoms with Crippen molar-refractivity contribution in [1.29, 1.82) is 0 Å². The van der Waals surface area contributed by atoms with Crippen LogP contribution in [0.2, 0.25) is 5.02 Å². The summed E-state index contributed by atoms with van der Waals surface area (Å²) in [5.74, 6) is -1.49. The molecule has 0 aliphatic heterocycles. The number of hydrogen-bond acceptors (Lipinski definition) is 2. The second kappa shape index (κ2) is 7.57. The quantitative estimate of drug-likeness (QED) is 0.771. The van der Waals surface area contributed by atoms with Crippen LogP contribution in [0, 0.1) is 6.92 Å². The van der Waals surface area contributed by atoms with Gasteiger partial charge in [-0.2, -0.15) is 13.2 Å². The van der Waals surface area contributed by atoms with Crippen molar-refractivity contribution >= 4 is 34.8 Å². The number of nitrogens with one attached hydrogen (secondary N) is 2. The summed E-state index contributed by atoms with van der Waals surface area (Å²) < 4.78 is 38.7. The summed E-state index contributed by atoms with van der Waals surface area (Å²) in [6, 6.07) is 9.35. The lowest BCUT2D eigenvalue weighted by atomic mass is 10.1. The van der Waals surface area contributed by atoms with E-state index >= 15 is 0 Å². The summed E-state index contributed by atoms with van der Waals surface area (Å²) in [7, 11) is 0. The monoisotopic (exact) mass is 370 g/mol. The van der Waals surface area contributed by atoms with Gasteiger partial charge in [-0.25, -0.2) is 0 Å². The van der Waals surface area contributed by atoms with Crippen molar-refractivity contribution in [2.24, 2.45) is 0 Å². The molecule has 2 amide bonds. The highest BCUT2D eigenvalue weighted by molar-refractivity contribution is 6.30. The van der Waals surface area contributed by atoms with Crippen molar-refractivity contribution in [3.63, 3.8) is 0 Å². The zero-order chi connectivity index (χ0) is 18.6. The van der Waals surface area contributed by atoms with Crippen LogP contribution >= 0.6 is 11.6 Å². The summed E-state index contributed by atoms with van der Waals surface area (Å²) in [5.41, 5.74) is -0.200. The molecule has 0 radical (unpaired) electrons. The lowest BCUT2D eigenvalue weighted by Crippen LogP contribution is -2.23. The van der Waals surface area contributed by atoms with E-state index in [1.807, 2.05) is 0 Å². The molecule has 0 unspecified atom stereocenters. The maximum atomic E-state index is 12.9. The van der Waals surface area contributed by atoms with Crippen molar-refractivity contribution in [2.45, 2.75) is 19.5 Å². The summed E-state index contributed by atoms with van der Waals surface area (Å²) in [4.78, 5) is 23.8. The van der Waals surface area contributed by atoms with E-state index in [0.29, 0.717) is 16.3 Å². The van der Waals surface area contributed by atoms with Crippen LogP contribution in [-0.4, -0.2) is 11.8 Å². The van der Waals surface area contributed by atoms with E-state index in [4.69, 9.17) is 11.6 Å². The number of rotatable bonds is 4. The summed E-state index contributed by atoms with van der Waals surface area (Å²) in [6.07, 6.45) is -5.22. The Morgan fingerprint density at radius 1 is 1.00 bits per heavy atom. The third-order valence-corrected chi connectivity index (χ3v) is 3.53. The Morgan fingerprint density at radius 2 is 1.60 bits per heavy atom. The molecule has 4 nitrogen and oxygen atoms in total. The van der Waals surface area contributed by atoms with Gasteiger partial charge >= 0.3 is 6.18 Å². The van der Waals surface area contributed by atoms with Crippen molar-refractivity contribution in [3.05, 3.63) is 58.6 Å². The zero-order valence-electron chi connectivity index (χ0n) is 13.1. The number of amides is 2. The molecule has 132 valence electrons. The Morgan fingerprint density at radius 3 is 2.20 bits per heavy atom. The molecule has 8 heteroatoms. The summed E-state index contributed by atoms with van der Waals surface area (Å²) in [6.45, 7) is 1.72. The number of aryl methyl sites for hydroxylation is 1. The van der Waals surface area contributed by atoms with E-state index in [9.17, 15) is 22.8 Å². The molecule has 0 fully saturated rings. The van der Waals surface area contributed by atoms with Crippen molar-refractivity contribution in [1.82, 2.24) is 0 Å². The predicted octanol–water partition coefficient (Wildman–Crippen LogP) is 4.63. The number of benzene rings is 2. The molecule has 25 heavy (non-hydrogen) atoms. The fraction of sp³-hybridized carbons (Fsp3) is 0.176. The standard InChI is InChI=1S/C17H14ClF3N2O2/c1-10-8-11(18)6-7-13(10)22-15(24)9-16(25)23-14-5-3-2-4-12(14)17(19,20)21/h2-8H,9H2,1H3,(H,22,24)(H,23,25). The van der Waals surface area contributed by atoms with Crippen molar-refractivity contribution < 1.29 is 22.8 Å². The number of anilines is 2. The maximum absolute atomic E-state index is 12.9. The van der Waals surface area contributed by atoms with Gasteiger partial charge in [0.1, 0.15) is 6.42 Å². The Hall–Kier alpha value is -2.54. The van der Waals surface area contributed by atoms with Crippen molar-refractivity contribution in [2.75, 3.05) is 10.6 Å². The number of halogens is 4. The number of hydrogen-bond donors (Lipinski definition) is 2. The Bertz CT molecular complexity index is 807. The third kappa shape index (κ3) is 5.22. The van der Waals surface area contributed by atoms with Gasteiger partial charge in [0.25, 0.3) is 0 Å². The van der Waals surface area contributed by atoms with Crippen LogP contribution in [-0.2, 0) is 15.8 Å².